The molecule has 3 aromatic rings. The van der Waals surface area contributed by atoms with Crippen LogP contribution in [0, 0.1) is 0 Å². The van der Waals surface area contributed by atoms with Gasteiger partial charge >= 0.3 is 0 Å². The van der Waals surface area contributed by atoms with E-state index in [1.54, 1.807) is 18.5 Å². The summed E-state index contributed by atoms with van der Waals surface area (Å²) in [5.41, 5.74) is 3.31. The van der Waals surface area contributed by atoms with E-state index in [-0.39, 0.29) is 5.91 Å². The van der Waals surface area contributed by atoms with E-state index in [1.165, 1.54) is 5.56 Å². The van der Waals surface area contributed by atoms with Gasteiger partial charge in [-0.05, 0) is 36.2 Å². The SMILES string of the molecule is O=C(NCCc1ccccc1)c1ccc(-c2ccccn2)nc1. The molecule has 0 radical (unpaired) electrons. The molecule has 0 saturated heterocycles. The maximum absolute atomic E-state index is 12.1. The molecule has 0 aliphatic carbocycles. The fourth-order valence-corrected chi connectivity index (χ4v) is 2.26. The lowest BCUT2D eigenvalue weighted by Gasteiger charge is -2.06. The Hall–Kier alpha value is -3.01. The monoisotopic (exact) mass is 303 g/mol. The van der Waals surface area contributed by atoms with Gasteiger partial charge in [0.1, 0.15) is 0 Å². The summed E-state index contributed by atoms with van der Waals surface area (Å²) in [6, 6.07) is 19.3. The lowest BCUT2D eigenvalue weighted by molar-refractivity contribution is 0.0954. The van der Waals surface area contributed by atoms with Crippen molar-refractivity contribution in [2.24, 2.45) is 0 Å². The van der Waals surface area contributed by atoms with E-state index < -0.39 is 0 Å². The van der Waals surface area contributed by atoms with Gasteiger partial charge in [-0.1, -0.05) is 36.4 Å². The van der Waals surface area contributed by atoms with Crippen molar-refractivity contribution in [1.29, 1.82) is 0 Å². The zero-order valence-corrected chi connectivity index (χ0v) is 12.6. The molecule has 23 heavy (non-hydrogen) atoms. The van der Waals surface area contributed by atoms with Crippen LogP contribution in [0.3, 0.4) is 0 Å². The molecule has 114 valence electrons. The predicted molar refractivity (Wildman–Crippen MR) is 89.9 cm³/mol. The highest BCUT2D eigenvalue weighted by atomic mass is 16.1. The van der Waals surface area contributed by atoms with Crippen LogP contribution in [-0.2, 0) is 6.42 Å². The van der Waals surface area contributed by atoms with Gasteiger partial charge in [0.15, 0.2) is 0 Å². The predicted octanol–water partition coefficient (Wildman–Crippen LogP) is 3.12. The minimum absolute atomic E-state index is 0.110. The van der Waals surface area contributed by atoms with E-state index in [1.807, 2.05) is 42.5 Å². The third-order valence-corrected chi connectivity index (χ3v) is 3.50. The first-order valence-electron chi connectivity index (χ1n) is 7.52. The van der Waals surface area contributed by atoms with E-state index in [4.69, 9.17) is 0 Å². The van der Waals surface area contributed by atoms with Crippen molar-refractivity contribution in [2.75, 3.05) is 6.54 Å². The molecule has 1 N–H and O–H groups in total. The standard InChI is InChI=1S/C19H17N3O/c23-19(21-13-11-15-6-2-1-3-7-15)16-9-10-18(22-14-16)17-8-4-5-12-20-17/h1-10,12,14H,11,13H2,(H,21,23). The molecule has 2 aromatic heterocycles. The average molecular weight is 303 g/mol. The Balaban J connectivity index is 1.58. The Morgan fingerprint density at radius 2 is 1.65 bits per heavy atom. The van der Waals surface area contributed by atoms with E-state index in [2.05, 4.69) is 27.4 Å². The van der Waals surface area contributed by atoms with E-state index in [9.17, 15) is 4.79 Å². The van der Waals surface area contributed by atoms with Crippen LogP contribution in [0.5, 0.6) is 0 Å². The van der Waals surface area contributed by atoms with Gasteiger partial charge in [0.25, 0.3) is 5.91 Å². The molecule has 0 bridgehead atoms. The molecular formula is C19H17N3O. The number of rotatable bonds is 5. The minimum atomic E-state index is -0.110. The molecule has 4 nitrogen and oxygen atoms in total. The molecule has 1 aromatic carbocycles. The minimum Gasteiger partial charge on any atom is -0.352 e. The van der Waals surface area contributed by atoms with Crippen LogP contribution >= 0.6 is 0 Å². The summed E-state index contributed by atoms with van der Waals surface area (Å²) in [6.07, 6.45) is 4.12. The molecule has 4 heteroatoms. The van der Waals surface area contributed by atoms with Crippen LogP contribution in [-0.4, -0.2) is 22.4 Å². The van der Waals surface area contributed by atoms with Crippen LogP contribution in [0.25, 0.3) is 11.4 Å². The Labute approximate surface area is 135 Å². The highest BCUT2D eigenvalue weighted by molar-refractivity contribution is 5.94. The molecule has 3 rings (SSSR count). The smallest absolute Gasteiger partial charge is 0.252 e. The Kier molecular flexibility index (Phi) is 4.74. The van der Waals surface area contributed by atoms with Gasteiger partial charge < -0.3 is 5.32 Å². The Morgan fingerprint density at radius 1 is 0.870 bits per heavy atom. The number of aromatic nitrogens is 2. The van der Waals surface area contributed by atoms with Crippen molar-refractivity contribution in [3.8, 4) is 11.4 Å². The summed E-state index contributed by atoms with van der Waals surface area (Å²) in [6.45, 7) is 0.602. The molecule has 0 aliphatic heterocycles. The Bertz CT molecular complexity index is 756. The zero-order chi connectivity index (χ0) is 15.9. The number of amides is 1. The van der Waals surface area contributed by atoms with Crippen molar-refractivity contribution in [2.45, 2.75) is 6.42 Å². The molecule has 0 fully saturated rings. The quantitative estimate of drug-likeness (QED) is 0.788. The van der Waals surface area contributed by atoms with Crippen molar-refractivity contribution in [3.05, 3.63) is 84.2 Å². The van der Waals surface area contributed by atoms with Gasteiger partial charge in [-0.15, -0.1) is 0 Å². The molecule has 0 aliphatic rings. The first kappa shape index (κ1) is 14.9. The first-order chi connectivity index (χ1) is 11.3. The maximum Gasteiger partial charge on any atom is 0.252 e. The number of nitrogens with zero attached hydrogens (tertiary/aromatic N) is 2. The molecule has 0 atom stereocenters. The number of hydrogen-bond donors (Lipinski definition) is 1. The molecule has 0 unspecified atom stereocenters. The van der Waals surface area contributed by atoms with Crippen molar-refractivity contribution in [1.82, 2.24) is 15.3 Å². The lowest BCUT2D eigenvalue weighted by atomic mass is 10.1. The largest absolute Gasteiger partial charge is 0.352 e. The van der Waals surface area contributed by atoms with Gasteiger partial charge in [0.05, 0.1) is 17.0 Å². The maximum atomic E-state index is 12.1. The summed E-state index contributed by atoms with van der Waals surface area (Å²) in [5.74, 6) is -0.110. The number of carbonyl (C=O) groups is 1. The van der Waals surface area contributed by atoms with E-state index in [0.29, 0.717) is 12.1 Å². The number of pyridine rings is 2. The zero-order valence-electron chi connectivity index (χ0n) is 12.6. The second kappa shape index (κ2) is 7.31. The van der Waals surface area contributed by atoms with Crippen LogP contribution in [0.15, 0.2) is 73.1 Å². The van der Waals surface area contributed by atoms with Crippen molar-refractivity contribution >= 4 is 5.91 Å². The summed E-state index contributed by atoms with van der Waals surface area (Å²) in [4.78, 5) is 20.7. The molecular weight excluding hydrogens is 286 g/mol. The van der Waals surface area contributed by atoms with E-state index >= 15 is 0 Å². The third-order valence-electron chi connectivity index (χ3n) is 3.50. The van der Waals surface area contributed by atoms with Crippen molar-refractivity contribution in [3.63, 3.8) is 0 Å². The van der Waals surface area contributed by atoms with Crippen LogP contribution < -0.4 is 5.32 Å². The Morgan fingerprint density at radius 3 is 2.35 bits per heavy atom. The highest BCUT2D eigenvalue weighted by Gasteiger charge is 2.07. The normalized spacial score (nSPS) is 10.3. The van der Waals surface area contributed by atoms with Gasteiger partial charge in [0.2, 0.25) is 0 Å². The van der Waals surface area contributed by atoms with Crippen LogP contribution in [0.4, 0.5) is 0 Å². The summed E-state index contributed by atoms with van der Waals surface area (Å²) < 4.78 is 0. The van der Waals surface area contributed by atoms with E-state index in [0.717, 1.165) is 17.8 Å². The van der Waals surface area contributed by atoms with Crippen LogP contribution in [0.2, 0.25) is 0 Å². The lowest BCUT2D eigenvalue weighted by Crippen LogP contribution is -2.25. The first-order valence-corrected chi connectivity index (χ1v) is 7.52. The van der Waals surface area contributed by atoms with Gasteiger partial charge in [-0.25, -0.2) is 0 Å². The fraction of sp³-hybridized carbons (Fsp3) is 0.105. The molecule has 0 saturated carbocycles. The average Bonchev–Trinajstić information content (AvgIpc) is 2.63. The topological polar surface area (TPSA) is 54.9 Å². The number of hydrogen-bond acceptors (Lipinski definition) is 3. The molecule has 2 heterocycles. The second-order valence-corrected chi connectivity index (χ2v) is 5.14. The van der Waals surface area contributed by atoms with Crippen LogP contribution in [0.1, 0.15) is 15.9 Å². The number of carbonyl (C=O) groups excluding carboxylic acids is 1. The molecule has 1 amide bonds. The van der Waals surface area contributed by atoms with Gasteiger partial charge in [-0.3, -0.25) is 14.8 Å². The third kappa shape index (κ3) is 4.01. The van der Waals surface area contributed by atoms with Crippen molar-refractivity contribution < 1.29 is 4.79 Å². The highest BCUT2D eigenvalue weighted by Crippen LogP contribution is 2.13. The summed E-state index contributed by atoms with van der Waals surface area (Å²) in [7, 11) is 0. The van der Waals surface area contributed by atoms with Gasteiger partial charge in [0, 0.05) is 18.9 Å². The number of nitrogens with one attached hydrogen (secondary N) is 1. The molecule has 0 spiro atoms. The second-order valence-electron chi connectivity index (χ2n) is 5.14. The summed E-state index contributed by atoms with van der Waals surface area (Å²) in [5, 5.41) is 2.91. The summed E-state index contributed by atoms with van der Waals surface area (Å²) >= 11 is 0. The van der Waals surface area contributed by atoms with Gasteiger partial charge in [-0.2, -0.15) is 0 Å². The fourth-order valence-electron chi connectivity index (χ4n) is 2.26. The number of benzene rings is 1.